The van der Waals surface area contributed by atoms with Crippen LogP contribution in [0.3, 0.4) is 0 Å². The standard InChI is InChI=1S/C23H16Cl2F6N2O3S/c1-13-2-6-16(7-3-13)37(35,36)33(15-5-9-20(25)18(11-15)23(29,30)31)12-21(34)32-14-4-8-19(24)17(10-14)22(26,27)28/h2-11H,12H2,1H3,(H,32,34). The molecule has 0 spiro atoms. The number of halogens is 8. The number of nitrogens with one attached hydrogen (secondary N) is 1. The number of carbonyl (C=O) groups excluding carboxylic acids is 1. The summed E-state index contributed by atoms with van der Waals surface area (Å²) < 4.78 is 107. The molecule has 0 saturated carbocycles. The average Bonchev–Trinajstić information content (AvgIpc) is 2.78. The third kappa shape index (κ3) is 6.68. The molecule has 0 aromatic heterocycles. The lowest BCUT2D eigenvalue weighted by atomic mass is 10.2. The molecule has 5 nitrogen and oxygen atoms in total. The topological polar surface area (TPSA) is 66.5 Å². The fourth-order valence-electron chi connectivity index (χ4n) is 3.19. The van der Waals surface area contributed by atoms with E-state index in [-0.39, 0.29) is 10.6 Å². The largest absolute Gasteiger partial charge is 0.417 e. The minimum absolute atomic E-state index is 0.333. The Hall–Kier alpha value is -2.96. The lowest BCUT2D eigenvalue weighted by molar-refractivity contribution is -0.138. The number of carbonyl (C=O) groups is 1. The maximum absolute atomic E-state index is 13.4. The van der Waals surface area contributed by atoms with Gasteiger partial charge in [0.25, 0.3) is 10.0 Å². The zero-order chi connectivity index (χ0) is 27.8. The van der Waals surface area contributed by atoms with E-state index in [0.717, 1.165) is 24.3 Å². The summed E-state index contributed by atoms with van der Waals surface area (Å²) in [4.78, 5) is 12.4. The summed E-state index contributed by atoms with van der Waals surface area (Å²) in [5.41, 5.74) is -2.80. The van der Waals surface area contributed by atoms with E-state index in [0.29, 0.717) is 22.0 Å². The monoisotopic (exact) mass is 584 g/mol. The van der Waals surface area contributed by atoms with E-state index >= 15 is 0 Å². The van der Waals surface area contributed by atoms with Gasteiger partial charge in [0, 0.05) is 5.69 Å². The number of sulfonamides is 1. The highest BCUT2D eigenvalue weighted by Gasteiger charge is 2.36. The van der Waals surface area contributed by atoms with Crippen LogP contribution in [0.2, 0.25) is 10.0 Å². The summed E-state index contributed by atoms with van der Waals surface area (Å²) in [6.07, 6.45) is -9.78. The van der Waals surface area contributed by atoms with Gasteiger partial charge in [0.2, 0.25) is 5.91 Å². The van der Waals surface area contributed by atoms with E-state index in [1.807, 2.05) is 0 Å². The molecule has 37 heavy (non-hydrogen) atoms. The smallest absolute Gasteiger partial charge is 0.324 e. The Kier molecular flexibility index (Phi) is 8.06. The maximum atomic E-state index is 13.4. The van der Waals surface area contributed by atoms with E-state index < -0.39 is 61.7 Å². The number of amides is 1. The molecule has 0 radical (unpaired) electrons. The number of alkyl halides is 6. The van der Waals surface area contributed by atoms with Gasteiger partial charge in [-0.15, -0.1) is 0 Å². The van der Waals surface area contributed by atoms with Crippen LogP contribution in [-0.4, -0.2) is 20.9 Å². The normalized spacial score (nSPS) is 12.4. The Morgan fingerprint density at radius 3 is 1.89 bits per heavy atom. The van der Waals surface area contributed by atoms with Crippen molar-refractivity contribution in [2.45, 2.75) is 24.2 Å². The molecule has 0 aliphatic rings. The third-order valence-corrected chi connectivity index (χ3v) is 7.44. The van der Waals surface area contributed by atoms with Crippen molar-refractivity contribution >= 4 is 50.5 Å². The van der Waals surface area contributed by atoms with Gasteiger partial charge in [-0.25, -0.2) is 8.42 Å². The van der Waals surface area contributed by atoms with E-state index in [2.05, 4.69) is 5.32 Å². The van der Waals surface area contributed by atoms with Crippen molar-refractivity contribution in [2.24, 2.45) is 0 Å². The molecular weight excluding hydrogens is 569 g/mol. The quantitative estimate of drug-likeness (QED) is 0.312. The van der Waals surface area contributed by atoms with E-state index in [1.54, 1.807) is 6.92 Å². The SMILES string of the molecule is Cc1ccc(S(=O)(=O)N(CC(=O)Nc2ccc(Cl)c(C(F)(F)F)c2)c2ccc(Cl)c(C(F)(F)F)c2)cc1. The summed E-state index contributed by atoms with van der Waals surface area (Å²) in [6, 6.07) is 10.0. The minimum Gasteiger partial charge on any atom is -0.324 e. The number of anilines is 2. The van der Waals surface area contributed by atoms with Gasteiger partial charge in [0.05, 0.1) is 31.8 Å². The first-order chi connectivity index (χ1) is 17.0. The van der Waals surface area contributed by atoms with Crippen molar-refractivity contribution in [1.82, 2.24) is 0 Å². The van der Waals surface area contributed by atoms with E-state index in [9.17, 15) is 39.6 Å². The highest BCUT2D eigenvalue weighted by molar-refractivity contribution is 7.92. The fourth-order valence-corrected chi connectivity index (χ4v) is 5.05. The van der Waals surface area contributed by atoms with Gasteiger partial charge in [0.1, 0.15) is 6.54 Å². The molecule has 0 fully saturated rings. The van der Waals surface area contributed by atoms with Gasteiger partial charge in [-0.2, -0.15) is 26.3 Å². The van der Waals surface area contributed by atoms with E-state index in [4.69, 9.17) is 23.2 Å². The van der Waals surface area contributed by atoms with Crippen molar-refractivity contribution in [3.05, 3.63) is 87.4 Å². The predicted molar refractivity (Wildman–Crippen MR) is 127 cm³/mol. The summed E-state index contributed by atoms with van der Waals surface area (Å²) in [5, 5.41) is 0.789. The van der Waals surface area contributed by atoms with E-state index in [1.165, 1.54) is 24.3 Å². The van der Waals surface area contributed by atoms with Crippen molar-refractivity contribution in [2.75, 3.05) is 16.2 Å². The molecule has 1 N–H and O–H groups in total. The average molecular weight is 585 g/mol. The van der Waals surface area contributed by atoms with Gasteiger partial charge < -0.3 is 5.32 Å². The van der Waals surface area contributed by atoms with Crippen LogP contribution in [0.4, 0.5) is 37.7 Å². The number of benzene rings is 3. The van der Waals surface area contributed by atoms with Gasteiger partial charge in [-0.3, -0.25) is 9.10 Å². The Morgan fingerprint density at radius 1 is 0.838 bits per heavy atom. The second kappa shape index (κ2) is 10.4. The van der Waals surface area contributed by atoms with Crippen molar-refractivity contribution in [3.63, 3.8) is 0 Å². The highest BCUT2D eigenvalue weighted by atomic mass is 35.5. The summed E-state index contributed by atoms with van der Waals surface area (Å²) in [6.45, 7) is 0.608. The molecule has 0 saturated heterocycles. The lowest BCUT2D eigenvalue weighted by Gasteiger charge is -2.25. The molecule has 0 aliphatic heterocycles. The van der Waals surface area contributed by atoms with Gasteiger partial charge in [0.15, 0.2) is 0 Å². The van der Waals surface area contributed by atoms with Crippen LogP contribution in [0.25, 0.3) is 0 Å². The van der Waals surface area contributed by atoms with Crippen LogP contribution in [-0.2, 0) is 27.2 Å². The van der Waals surface area contributed by atoms with Crippen molar-refractivity contribution in [3.8, 4) is 0 Å². The van der Waals surface area contributed by atoms with Crippen LogP contribution in [0.15, 0.2) is 65.6 Å². The molecule has 1 amide bonds. The Bertz CT molecular complexity index is 1430. The first-order valence-corrected chi connectivity index (χ1v) is 12.3. The number of aryl methyl sites for hydroxylation is 1. The van der Waals surface area contributed by atoms with Gasteiger partial charge in [-0.1, -0.05) is 40.9 Å². The first-order valence-electron chi connectivity index (χ1n) is 10.1. The first kappa shape index (κ1) is 28.6. The number of hydrogen-bond donors (Lipinski definition) is 1. The molecular formula is C23H16Cl2F6N2O3S. The van der Waals surface area contributed by atoms with Gasteiger partial charge >= 0.3 is 12.4 Å². The lowest BCUT2D eigenvalue weighted by Crippen LogP contribution is -2.38. The Labute approximate surface area is 217 Å². The van der Waals surface area contributed by atoms with Crippen LogP contribution in [0.1, 0.15) is 16.7 Å². The van der Waals surface area contributed by atoms with Crippen LogP contribution >= 0.6 is 23.2 Å². The maximum Gasteiger partial charge on any atom is 0.417 e. The Balaban J connectivity index is 2.04. The fraction of sp³-hybridized carbons (Fsp3) is 0.174. The van der Waals surface area contributed by atoms with Crippen LogP contribution < -0.4 is 9.62 Å². The molecule has 3 aromatic rings. The number of rotatable bonds is 6. The molecule has 14 heteroatoms. The third-order valence-electron chi connectivity index (χ3n) is 5.00. The summed E-state index contributed by atoms with van der Waals surface area (Å²) >= 11 is 11.2. The summed E-state index contributed by atoms with van der Waals surface area (Å²) in [7, 11) is -4.61. The molecule has 0 heterocycles. The summed E-state index contributed by atoms with van der Waals surface area (Å²) in [5.74, 6) is -1.13. The Morgan fingerprint density at radius 2 is 1.35 bits per heavy atom. The van der Waals surface area contributed by atoms with Crippen molar-refractivity contribution < 1.29 is 39.6 Å². The molecule has 0 atom stereocenters. The zero-order valence-corrected chi connectivity index (χ0v) is 20.9. The van der Waals surface area contributed by atoms with Crippen LogP contribution in [0.5, 0.6) is 0 Å². The second-order valence-corrected chi connectivity index (χ2v) is 10.4. The number of hydrogen-bond acceptors (Lipinski definition) is 3. The second-order valence-electron chi connectivity index (χ2n) is 7.73. The molecule has 0 bridgehead atoms. The molecule has 0 aliphatic carbocycles. The van der Waals surface area contributed by atoms with Crippen LogP contribution in [0, 0.1) is 6.92 Å². The minimum atomic E-state index is -4.94. The molecule has 198 valence electrons. The van der Waals surface area contributed by atoms with Crippen molar-refractivity contribution in [1.29, 1.82) is 0 Å². The number of nitrogens with zero attached hydrogens (tertiary/aromatic N) is 1. The zero-order valence-electron chi connectivity index (χ0n) is 18.6. The molecule has 0 unspecified atom stereocenters. The van der Waals surface area contributed by atoms with Gasteiger partial charge in [-0.05, 0) is 55.5 Å². The molecule has 3 rings (SSSR count). The molecule has 3 aromatic carbocycles. The highest BCUT2D eigenvalue weighted by Crippen LogP contribution is 2.38. The predicted octanol–water partition coefficient (Wildman–Crippen LogP) is 7.17.